The van der Waals surface area contributed by atoms with Crippen molar-refractivity contribution in [2.24, 2.45) is 0 Å². The van der Waals surface area contributed by atoms with Crippen molar-refractivity contribution in [3.63, 3.8) is 0 Å². The Labute approximate surface area is 132 Å². The number of halogens is 1. The lowest BCUT2D eigenvalue weighted by Crippen LogP contribution is -2.14. The lowest BCUT2D eigenvalue weighted by atomic mass is 10.1. The fraction of sp³-hybridized carbons (Fsp3) is 0.188. The zero-order chi connectivity index (χ0) is 15.5. The van der Waals surface area contributed by atoms with Crippen molar-refractivity contribution >= 4 is 23.2 Å². The molecule has 0 bridgehead atoms. The van der Waals surface area contributed by atoms with Crippen molar-refractivity contribution in [3.05, 3.63) is 47.0 Å². The molecular weight excluding hydrogens is 306 g/mol. The van der Waals surface area contributed by atoms with E-state index in [1.54, 1.807) is 18.2 Å². The third-order valence-corrected chi connectivity index (χ3v) is 3.56. The SMILES string of the molecule is COc1ccc(NC(=O)Cc2cccc3c2OCO3)cc1Cl. The van der Waals surface area contributed by atoms with Crippen LogP contribution in [0.1, 0.15) is 5.56 Å². The molecule has 1 heterocycles. The number of fused-ring (bicyclic) bond motifs is 1. The molecule has 0 spiro atoms. The van der Waals surface area contributed by atoms with Crippen LogP contribution in [0.5, 0.6) is 17.2 Å². The van der Waals surface area contributed by atoms with Crippen LogP contribution in [0.3, 0.4) is 0 Å². The Kier molecular flexibility index (Phi) is 4.06. The molecule has 22 heavy (non-hydrogen) atoms. The first-order valence-corrected chi connectivity index (χ1v) is 7.06. The maximum Gasteiger partial charge on any atom is 0.231 e. The first kappa shape index (κ1) is 14.5. The number of carbonyl (C=O) groups is 1. The van der Waals surface area contributed by atoms with Gasteiger partial charge in [0.1, 0.15) is 5.75 Å². The van der Waals surface area contributed by atoms with Gasteiger partial charge in [0.2, 0.25) is 12.7 Å². The maximum atomic E-state index is 12.2. The van der Waals surface area contributed by atoms with Crippen molar-refractivity contribution in [2.45, 2.75) is 6.42 Å². The summed E-state index contributed by atoms with van der Waals surface area (Å²) in [7, 11) is 1.54. The highest BCUT2D eigenvalue weighted by Crippen LogP contribution is 2.35. The summed E-state index contributed by atoms with van der Waals surface area (Å²) in [6.45, 7) is 0.183. The second kappa shape index (κ2) is 6.15. The normalized spacial score (nSPS) is 12.1. The number of amides is 1. The average molecular weight is 320 g/mol. The van der Waals surface area contributed by atoms with Crippen LogP contribution in [-0.4, -0.2) is 19.8 Å². The van der Waals surface area contributed by atoms with Gasteiger partial charge in [0.15, 0.2) is 11.5 Å². The first-order valence-electron chi connectivity index (χ1n) is 6.68. The Bertz CT molecular complexity index is 717. The summed E-state index contributed by atoms with van der Waals surface area (Å²) in [6.07, 6.45) is 0.191. The molecule has 5 nitrogen and oxygen atoms in total. The van der Waals surface area contributed by atoms with Gasteiger partial charge in [-0.3, -0.25) is 4.79 Å². The van der Waals surface area contributed by atoms with Gasteiger partial charge in [-0.25, -0.2) is 0 Å². The summed E-state index contributed by atoms with van der Waals surface area (Å²) >= 11 is 6.04. The molecule has 2 aromatic rings. The minimum atomic E-state index is -0.162. The van der Waals surface area contributed by atoms with E-state index < -0.39 is 0 Å². The lowest BCUT2D eigenvalue weighted by Gasteiger charge is -2.09. The largest absolute Gasteiger partial charge is 0.495 e. The maximum absolute atomic E-state index is 12.2. The number of nitrogens with one attached hydrogen (secondary N) is 1. The highest BCUT2D eigenvalue weighted by Gasteiger charge is 2.19. The molecule has 3 rings (SSSR count). The van der Waals surface area contributed by atoms with Crippen LogP contribution >= 0.6 is 11.6 Å². The molecule has 1 N–H and O–H groups in total. The molecular formula is C16H14ClNO4. The number of carbonyl (C=O) groups excluding carboxylic acids is 1. The predicted molar refractivity (Wildman–Crippen MR) is 82.9 cm³/mol. The van der Waals surface area contributed by atoms with Gasteiger partial charge < -0.3 is 19.5 Å². The van der Waals surface area contributed by atoms with Crippen molar-refractivity contribution < 1.29 is 19.0 Å². The van der Waals surface area contributed by atoms with Crippen LogP contribution < -0.4 is 19.5 Å². The smallest absolute Gasteiger partial charge is 0.231 e. The van der Waals surface area contributed by atoms with Crippen molar-refractivity contribution in [2.75, 3.05) is 19.2 Å². The molecule has 114 valence electrons. The van der Waals surface area contributed by atoms with Crippen LogP contribution in [0.25, 0.3) is 0 Å². The third-order valence-electron chi connectivity index (χ3n) is 3.26. The quantitative estimate of drug-likeness (QED) is 0.939. The third kappa shape index (κ3) is 2.94. The number of methoxy groups -OCH3 is 1. The highest BCUT2D eigenvalue weighted by molar-refractivity contribution is 6.32. The fourth-order valence-corrected chi connectivity index (χ4v) is 2.51. The zero-order valence-electron chi connectivity index (χ0n) is 11.9. The average Bonchev–Trinajstić information content (AvgIpc) is 2.97. The number of rotatable bonds is 4. The van der Waals surface area contributed by atoms with E-state index in [-0.39, 0.29) is 19.1 Å². The van der Waals surface area contributed by atoms with E-state index in [0.717, 1.165) is 5.56 Å². The summed E-state index contributed by atoms with van der Waals surface area (Å²) < 4.78 is 15.8. The molecule has 0 saturated carbocycles. The molecule has 1 amide bonds. The number of benzene rings is 2. The summed E-state index contributed by atoms with van der Waals surface area (Å²) in [4.78, 5) is 12.2. The Morgan fingerprint density at radius 2 is 2.18 bits per heavy atom. The van der Waals surface area contributed by atoms with E-state index in [2.05, 4.69) is 5.32 Å². The second-order valence-electron chi connectivity index (χ2n) is 4.73. The van der Waals surface area contributed by atoms with Crippen LogP contribution in [0.15, 0.2) is 36.4 Å². The number of hydrogen-bond donors (Lipinski definition) is 1. The molecule has 0 aromatic heterocycles. The summed E-state index contributed by atoms with van der Waals surface area (Å²) in [6, 6.07) is 10.6. The fourth-order valence-electron chi connectivity index (χ4n) is 2.25. The van der Waals surface area contributed by atoms with Crippen LogP contribution in [0.2, 0.25) is 5.02 Å². The number of hydrogen-bond acceptors (Lipinski definition) is 4. The van der Waals surface area contributed by atoms with Gasteiger partial charge in [-0.1, -0.05) is 23.7 Å². The monoisotopic (exact) mass is 319 g/mol. The Balaban J connectivity index is 1.71. The van der Waals surface area contributed by atoms with E-state index >= 15 is 0 Å². The van der Waals surface area contributed by atoms with Gasteiger partial charge >= 0.3 is 0 Å². The molecule has 0 aliphatic carbocycles. The van der Waals surface area contributed by atoms with Gasteiger partial charge in [0, 0.05) is 11.3 Å². The number of anilines is 1. The number of para-hydroxylation sites is 1. The van der Waals surface area contributed by atoms with E-state index in [4.69, 9.17) is 25.8 Å². The molecule has 0 radical (unpaired) electrons. The van der Waals surface area contributed by atoms with E-state index in [1.807, 2.05) is 18.2 Å². The highest BCUT2D eigenvalue weighted by atomic mass is 35.5. The van der Waals surface area contributed by atoms with Crippen LogP contribution in [-0.2, 0) is 11.2 Å². The molecule has 0 atom stereocenters. The zero-order valence-corrected chi connectivity index (χ0v) is 12.6. The minimum absolute atomic E-state index is 0.162. The first-order chi connectivity index (χ1) is 10.7. The van der Waals surface area contributed by atoms with Crippen LogP contribution in [0, 0.1) is 0 Å². The van der Waals surface area contributed by atoms with Crippen molar-refractivity contribution in [3.8, 4) is 17.2 Å². The predicted octanol–water partition coefficient (Wildman–Crippen LogP) is 3.26. The molecule has 1 aliphatic rings. The standard InChI is InChI=1S/C16H14ClNO4/c1-20-13-6-5-11(8-12(13)17)18-15(19)7-10-3-2-4-14-16(10)22-9-21-14/h2-6,8H,7,9H2,1H3,(H,18,19). The van der Waals surface area contributed by atoms with Crippen molar-refractivity contribution in [1.29, 1.82) is 0 Å². The van der Waals surface area contributed by atoms with Crippen molar-refractivity contribution in [1.82, 2.24) is 0 Å². The minimum Gasteiger partial charge on any atom is -0.495 e. The van der Waals surface area contributed by atoms with Crippen LogP contribution in [0.4, 0.5) is 5.69 Å². The molecule has 0 fully saturated rings. The van der Waals surface area contributed by atoms with Gasteiger partial charge in [0.05, 0.1) is 18.6 Å². The van der Waals surface area contributed by atoms with E-state index in [1.165, 1.54) is 7.11 Å². The molecule has 0 unspecified atom stereocenters. The second-order valence-corrected chi connectivity index (χ2v) is 5.13. The van der Waals surface area contributed by atoms with Gasteiger partial charge in [-0.2, -0.15) is 0 Å². The van der Waals surface area contributed by atoms with E-state index in [9.17, 15) is 4.79 Å². The molecule has 0 saturated heterocycles. The van der Waals surface area contributed by atoms with Gasteiger partial charge in [-0.15, -0.1) is 0 Å². The lowest BCUT2D eigenvalue weighted by molar-refractivity contribution is -0.115. The Morgan fingerprint density at radius 1 is 1.32 bits per heavy atom. The Hall–Kier alpha value is -2.40. The van der Waals surface area contributed by atoms with Gasteiger partial charge in [0.25, 0.3) is 0 Å². The Morgan fingerprint density at radius 3 is 2.95 bits per heavy atom. The summed E-state index contributed by atoms with van der Waals surface area (Å²) in [5.74, 6) is 1.69. The van der Waals surface area contributed by atoms with Gasteiger partial charge in [-0.05, 0) is 24.3 Å². The van der Waals surface area contributed by atoms with E-state index in [0.29, 0.717) is 28.0 Å². The molecule has 1 aliphatic heterocycles. The molecule has 2 aromatic carbocycles. The summed E-state index contributed by atoms with van der Waals surface area (Å²) in [5.41, 5.74) is 1.40. The summed E-state index contributed by atoms with van der Waals surface area (Å²) in [5, 5.41) is 3.24. The number of ether oxygens (including phenoxy) is 3. The molecule has 6 heteroatoms. The topological polar surface area (TPSA) is 56.8 Å².